The van der Waals surface area contributed by atoms with E-state index in [0.717, 1.165) is 24.4 Å². The summed E-state index contributed by atoms with van der Waals surface area (Å²) < 4.78 is 0. The van der Waals surface area contributed by atoms with Crippen LogP contribution in [0.5, 0.6) is 0 Å². The van der Waals surface area contributed by atoms with Crippen LogP contribution in [0.25, 0.3) is 0 Å². The lowest BCUT2D eigenvalue weighted by molar-refractivity contribution is 0.0793. The number of hydrogen-bond acceptors (Lipinski definition) is 2. The van der Waals surface area contributed by atoms with Gasteiger partial charge in [0.15, 0.2) is 0 Å². The van der Waals surface area contributed by atoms with E-state index >= 15 is 0 Å². The number of rotatable bonds is 1. The van der Waals surface area contributed by atoms with Crippen LogP contribution < -0.4 is 0 Å². The Morgan fingerprint density at radius 1 is 1.69 bits per heavy atom. The van der Waals surface area contributed by atoms with Crippen molar-refractivity contribution < 1.29 is 4.79 Å². The first-order valence-electron chi connectivity index (χ1n) is 4.60. The Labute approximate surface area is 82.2 Å². The Bertz CT molecular complexity index is 294. The predicted molar refractivity (Wildman–Crippen MR) is 54.0 cm³/mol. The summed E-state index contributed by atoms with van der Waals surface area (Å²) in [6, 6.07) is 3.83. The molecular formula is C10H13NOS. The molecule has 1 atom stereocenters. The second-order valence-electron chi connectivity index (χ2n) is 3.62. The minimum Gasteiger partial charge on any atom is -0.338 e. The molecule has 0 saturated carbocycles. The first-order chi connectivity index (χ1) is 6.27. The van der Waals surface area contributed by atoms with Crippen molar-refractivity contribution in [2.45, 2.75) is 13.3 Å². The first-order valence-corrected chi connectivity index (χ1v) is 5.48. The van der Waals surface area contributed by atoms with E-state index in [4.69, 9.17) is 0 Å². The van der Waals surface area contributed by atoms with Crippen molar-refractivity contribution in [3.8, 4) is 0 Å². The van der Waals surface area contributed by atoms with Gasteiger partial charge in [0.1, 0.15) is 0 Å². The Hall–Kier alpha value is -0.830. The zero-order valence-corrected chi connectivity index (χ0v) is 8.51. The molecule has 0 aromatic carbocycles. The van der Waals surface area contributed by atoms with Crippen molar-refractivity contribution >= 4 is 17.2 Å². The number of hydrogen-bond donors (Lipinski definition) is 0. The Balaban J connectivity index is 2.06. The van der Waals surface area contributed by atoms with Gasteiger partial charge < -0.3 is 4.90 Å². The molecule has 2 nitrogen and oxygen atoms in total. The molecule has 2 rings (SSSR count). The standard InChI is InChI=1S/C10H13NOS/c1-8-4-5-11(7-8)10(12)9-3-2-6-13-9/h2-3,6,8H,4-5,7H2,1H3. The van der Waals surface area contributed by atoms with Crippen LogP contribution in [0.2, 0.25) is 0 Å². The Morgan fingerprint density at radius 3 is 3.08 bits per heavy atom. The molecule has 1 aromatic rings. The van der Waals surface area contributed by atoms with E-state index in [1.54, 1.807) is 0 Å². The zero-order valence-electron chi connectivity index (χ0n) is 7.69. The topological polar surface area (TPSA) is 20.3 Å². The third-order valence-corrected chi connectivity index (χ3v) is 3.30. The highest BCUT2D eigenvalue weighted by molar-refractivity contribution is 7.12. The maximum Gasteiger partial charge on any atom is 0.263 e. The molecule has 1 aliphatic heterocycles. The molecule has 1 unspecified atom stereocenters. The molecule has 3 heteroatoms. The largest absolute Gasteiger partial charge is 0.338 e. The highest BCUT2D eigenvalue weighted by Gasteiger charge is 2.24. The summed E-state index contributed by atoms with van der Waals surface area (Å²) >= 11 is 1.53. The molecule has 0 bridgehead atoms. The number of amides is 1. The van der Waals surface area contributed by atoms with E-state index in [2.05, 4.69) is 6.92 Å². The number of carbonyl (C=O) groups is 1. The first kappa shape index (κ1) is 8.75. The van der Waals surface area contributed by atoms with Crippen LogP contribution in [-0.2, 0) is 0 Å². The fourth-order valence-corrected chi connectivity index (χ4v) is 2.37. The minimum atomic E-state index is 0.208. The summed E-state index contributed by atoms with van der Waals surface area (Å²) in [7, 11) is 0. The zero-order chi connectivity index (χ0) is 9.26. The van der Waals surface area contributed by atoms with E-state index < -0.39 is 0 Å². The SMILES string of the molecule is CC1CCN(C(=O)c2cccs2)C1. The number of nitrogens with zero attached hydrogens (tertiary/aromatic N) is 1. The number of likely N-dealkylation sites (tertiary alicyclic amines) is 1. The van der Waals surface area contributed by atoms with Gasteiger partial charge in [-0.3, -0.25) is 4.79 Å². The molecule has 1 aliphatic rings. The summed E-state index contributed by atoms with van der Waals surface area (Å²) in [5.74, 6) is 0.878. The second kappa shape index (κ2) is 3.50. The van der Waals surface area contributed by atoms with Crippen molar-refractivity contribution in [3.05, 3.63) is 22.4 Å². The summed E-state index contributed by atoms with van der Waals surface area (Å²) in [6.07, 6.45) is 1.15. The highest BCUT2D eigenvalue weighted by Crippen LogP contribution is 2.19. The van der Waals surface area contributed by atoms with E-state index in [9.17, 15) is 4.79 Å². The van der Waals surface area contributed by atoms with Gasteiger partial charge in [-0.25, -0.2) is 0 Å². The van der Waals surface area contributed by atoms with Crippen LogP contribution in [-0.4, -0.2) is 23.9 Å². The minimum absolute atomic E-state index is 0.208. The van der Waals surface area contributed by atoms with Crippen LogP contribution in [0.15, 0.2) is 17.5 Å². The maximum atomic E-state index is 11.8. The van der Waals surface area contributed by atoms with Crippen LogP contribution in [0, 0.1) is 5.92 Å². The molecule has 1 saturated heterocycles. The van der Waals surface area contributed by atoms with Gasteiger partial charge in [0.05, 0.1) is 4.88 Å². The number of thiophene rings is 1. The van der Waals surface area contributed by atoms with Crippen molar-refractivity contribution in [3.63, 3.8) is 0 Å². The van der Waals surface area contributed by atoms with Gasteiger partial charge in [0, 0.05) is 13.1 Å². The third-order valence-electron chi connectivity index (χ3n) is 2.44. The molecule has 70 valence electrons. The molecule has 13 heavy (non-hydrogen) atoms. The maximum absolute atomic E-state index is 11.8. The van der Waals surface area contributed by atoms with E-state index in [0.29, 0.717) is 5.92 Å². The Kier molecular flexibility index (Phi) is 2.36. The summed E-state index contributed by atoms with van der Waals surface area (Å²) in [5.41, 5.74) is 0. The fraction of sp³-hybridized carbons (Fsp3) is 0.500. The summed E-state index contributed by atoms with van der Waals surface area (Å²) in [5, 5.41) is 1.95. The molecule has 0 radical (unpaired) electrons. The van der Waals surface area contributed by atoms with E-state index in [1.165, 1.54) is 11.3 Å². The van der Waals surface area contributed by atoms with Gasteiger partial charge in [0.25, 0.3) is 5.91 Å². The van der Waals surface area contributed by atoms with E-state index in [-0.39, 0.29) is 5.91 Å². The predicted octanol–water partition coefficient (Wildman–Crippen LogP) is 2.23. The molecule has 1 aromatic heterocycles. The lowest BCUT2D eigenvalue weighted by atomic mass is 10.2. The van der Waals surface area contributed by atoms with Gasteiger partial charge >= 0.3 is 0 Å². The van der Waals surface area contributed by atoms with Crippen LogP contribution in [0.1, 0.15) is 23.0 Å². The average Bonchev–Trinajstić information content (AvgIpc) is 2.72. The van der Waals surface area contributed by atoms with Gasteiger partial charge in [-0.05, 0) is 23.8 Å². The normalized spacial score (nSPS) is 22.2. The fourth-order valence-electron chi connectivity index (χ4n) is 1.68. The van der Waals surface area contributed by atoms with Crippen molar-refractivity contribution in [2.75, 3.05) is 13.1 Å². The summed E-state index contributed by atoms with van der Waals surface area (Å²) in [4.78, 5) is 14.6. The van der Waals surface area contributed by atoms with Gasteiger partial charge in [0.2, 0.25) is 0 Å². The van der Waals surface area contributed by atoms with Crippen molar-refractivity contribution in [2.24, 2.45) is 5.92 Å². The Morgan fingerprint density at radius 2 is 2.54 bits per heavy atom. The second-order valence-corrected chi connectivity index (χ2v) is 4.57. The van der Waals surface area contributed by atoms with Crippen molar-refractivity contribution in [1.29, 1.82) is 0 Å². The summed E-state index contributed by atoms with van der Waals surface area (Å²) in [6.45, 7) is 4.05. The molecule has 2 heterocycles. The molecule has 0 N–H and O–H groups in total. The van der Waals surface area contributed by atoms with Gasteiger partial charge in [-0.2, -0.15) is 0 Å². The molecule has 0 aliphatic carbocycles. The highest BCUT2D eigenvalue weighted by atomic mass is 32.1. The van der Waals surface area contributed by atoms with Gasteiger partial charge in [-0.15, -0.1) is 11.3 Å². The van der Waals surface area contributed by atoms with Crippen LogP contribution >= 0.6 is 11.3 Å². The smallest absolute Gasteiger partial charge is 0.263 e. The molecule has 0 spiro atoms. The lowest BCUT2D eigenvalue weighted by Crippen LogP contribution is -2.27. The lowest BCUT2D eigenvalue weighted by Gasteiger charge is -2.14. The average molecular weight is 195 g/mol. The number of carbonyl (C=O) groups excluding carboxylic acids is 1. The van der Waals surface area contributed by atoms with Crippen LogP contribution in [0.3, 0.4) is 0 Å². The van der Waals surface area contributed by atoms with Crippen molar-refractivity contribution in [1.82, 2.24) is 4.90 Å². The van der Waals surface area contributed by atoms with E-state index in [1.807, 2.05) is 22.4 Å². The van der Waals surface area contributed by atoms with Crippen LogP contribution in [0.4, 0.5) is 0 Å². The molecule has 1 amide bonds. The molecular weight excluding hydrogens is 182 g/mol. The molecule has 1 fully saturated rings. The monoisotopic (exact) mass is 195 g/mol. The quantitative estimate of drug-likeness (QED) is 0.673. The van der Waals surface area contributed by atoms with Gasteiger partial charge in [-0.1, -0.05) is 13.0 Å². The third kappa shape index (κ3) is 1.75.